The Bertz CT molecular complexity index is 1340. The molecule has 4 aromatic rings. The van der Waals surface area contributed by atoms with E-state index >= 15 is 0 Å². The van der Waals surface area contributed by atoms with Crippen LogP contribution in [0, 0.1) is 0 Å². The monoisotopic (exact) mass is 477 g/mol. The van der Waals surface area contributed by atoms with Gasteiger partial charge in [0.05, 0.1) is 23.7 Å². The molecule has 4 heterocycles. The zero-order valence-corrected chi connectivity index (χ0v) is 18.4. The van der Waals surface area contributed by atoms with Crippen molar-refractivity contribution in [3.05, 3.63) is 64.1 Å². The van der Waals surface area contributed by atoms with E-state index < -0.39 is 11.7 Å². The van der Waals surface area contributed by atoms with Crippen LogP contribution in [0.5, 0.6) is 0 Å². The minimum Gasteiger partial charge on any atom is -0.376 e. The van der Waals surface area contributed by atoms with Crippen LogP contribution in [-0.4, -0.2) is 27.2 Å². The van der Waals surface area contributed by atoms with Crippen molar-refractivity contribution in [2.75, 3.05) is 6.61 Å². The fraction of sp³-hybridized carbons (Fsp3) is 0.318. The number of fused-ring (bicyclic) bond motifs is 3. The van der Waals surface area contributed by atoms with E-state index in [1.807, 2.05) is 6.07 Å². The summed E-state index contributed by atoms with van der Waals surface area (Å²) < 4.78 is 47.1. The number of halogens is 3. The second-order valence-corrected chi connectivity index (χ2v) is 9.51. The Hall–Kier alpha value is -2.43. The maximum absolute atomic E-state index is 13.4. The number of thioether (sulfide) groups is 1. The van der Waals surface area contributed by atoms with E-state index in [4.69, 9.17) is 9.72 Å². The van der Waals surface area contributed by atoms with Crippen LogP contribution in [0.25, 0.3) is 20.4 Å². The Morgan fingerprint density at radius 2 is 2.12 bits per heavy atom. The maximum Gasteiger partial charge on any atom is 0.416 e. The van der Waals surface area contributed by atoms with Crippen LogP contribution in [-0.2, 0) is 23.2 Å². The second-order valence-electron chi connectivity index (χ2n) is 7.57. The number of aromatic nitrogens is 3. The van der Waals surface area contributed by atoms with Crippen molar-refractivity contribution in [2.24, 2.45) is 0 Å². The molecule has 10 heteroatoms. The number of pyridine rings is 1. The van der Waals surface area contributed by atoms with Gasteiger partial charge in [0, 0.05) is 23.9 Å². The summed E-state index contributed by atoms with van der Waals surface area (Å²) in [6.07, 6.45) is -1.01. The number of rotatable bonds is 5. The van der Waals surface area contributed by atoms with Gasteiger partial charge in [-0.1, -0.05) is 30.0 Å². The van der Waals surface area contributed by atoms with Crippen LogP contribution in [0.1, 0.15) is 24.0 Å². The summed E-state index contributed by atoms with van der Waals surface area (Å²) in [5.41, 5.74) is 0.239. The van der Waals surface area contributed by atoms with Gasteiger partial charge >= 0.3 is 6.18 Å². The average molecular weight is 478 g/mol. The molecule has 0 N–H and O–H groups in total. The summed E-state index contributed by atoms with van der Waals surface area (Å²) in [6.45, 7) is 1.03. The molecule has 5 nitrogen and oxygen atoms in total. The first kappa shape index (κ1) is 21.4. The summed E-state index contributed by atoms with van der Waals surface area (Å²) in [5, 5.41) is 1.27. The van der Waals surface area contributed by atoms with Crippen molar-refractivity contribution in [3.8, 4) is 0 Å². The van der Waals surface area contributed by atoms with Crippen LogP contribution in [0.15, 0.2) is 52.5 Å². The molecule has 0 amide bonds. The first-order valence-corrected chi connectivity index (χ1v) is 11.9. The third-order valence-electron chi connectivity index (χ3n) is 5.35. The van der Waals surface area contributed by atoms with Gasteiger partial charge in [0.15, 0.2) is 5.16 Å². The highest BCUT2D eigenvalue weighted by atomic mass is 32.2. The summed E-state index contributed by atoms with van der Waals surface area (Å²) >= 11 is 2.56. The molecule has 5 rings (SSSR count). The third-order valence-corrected chi connectivity index (χ3v) is 7.49. The Labute approximate surface area is 189 Å². The van der Waals surface area contributed by atoms with E-state index in [0.717, 1.165) is 35.2 Å². The minimum atomic E-state index is -4.40. The molecule has 1 aliphatic heterocycles. The van der Waals surface area contributed by atoms with Crippen molar-refractivity contribution < 1.29 is 17.9 Å². The van der Waals surface area contributed by atoms with Crippen LogP contribution >= 0.6 is 23.1 Å². The van der Waals surface area contributed by atoms with Crippen molar-refractivity contribution in [1.29, 1.82) is 0 Å². The second kappa shape index (κ2) is 8.49. The molecule has 1 fully saturated rings. The highest BCUT2D eigenvalue weighted by Gasteiger charge is 2.30. The van der Waals surface area contributed by atoms with Gasteiger partial charge in [-0.05, 0) is 36.6 Å². The Morgan fingerprint density at radius 1 is 1.25 bits per heavy atom. The molecule has 1 saturated heterocycles. The van der Waals surface area contributed by atoms with Gasteiger partial charge < -0.3 is 4.74 Å². The zero-order chi connectivity index (χ0) is 22.3. The Morgan fingerprint density at radius 3 is 2.91 bits per heavy atom. The molecule has 0 saturated carbocycles. The van der Waals surface area contributed by atoms with Crippen molar-refractivity contribution in [2.45, 2.75) is 42.6 Å². The van der Waals surface area contributed by atoms with Crippen LogP contribution in [0.2, 0.25) is 0 Å². The van der Waals surface area contributed by atoms with E-state index in [0.29, 0.717) is 34.1 Å². The molecule has 1 atom stereocenters. The molecule has 0 bridgehead atoms. The van der Waals surface area contributed by atoms with Crippen LogP contribution in [0.3, 0.4) is 0 Å². The predicted molar refractivity (Wildman–Crippen MR) is 119 cm³/mol. The van der Waals surface area contributed by atoms with E-state index in [9.17, 15) is 18.0 Å². The van der Waals surface area contributed by atoms with Crippen molar-refractivity contribution in [1.82, 2.24) is 14.5 Å². The number of hydrogen-bond acceptors (Lipinski definition) is 6. The van der Waals surface area contributed by atoms with Gasteiger partial charge in [0.2, 0.25) is 0 Å². The number of benzene rings is 1. The fourth-order valence-corrected chi connectivity index (χ4v) is 5.77. The highest BCUT2D eigenvalue weighted by Crippen LogP contribution is 2.33. The quantitative estimate of drug-likeness (QED) is 0.281. The SMILES string of the molecule is O=c1c2sc3ncccc3c2nc(SCc2cccc(C(F)(F)F)c2)n1C[C@H]1CCCO1. The summed E-state index contributed by atoms with van der Waals surface area (Å²) in [7, 11) is 0. The fourth-order valence-electron chi connectivity index (χ4n) is 3.79. The topological polar surface area (TPSA) is 57.0 Å². The van der Waals surface area contributed by atoms with Gasteiger partial charge in [-0.15, -0.1) is 11.3 Å². The summed E-state index contributed by atoms with van der Waals surface area (Å²) in [5.74, 6) is 0.258. The molecule has 1 aliphatic rings. The Kier molecular flexibility index (Phi) is 5.68. The summed E-state index contributed by atoms with van der Waals surface area (Å²) in [4.78, 5) is 23.2. The first-order valence-electron chi connectivity index (χ1n) is 10.1. The number of ether oxygens (including phenoxy) is 1. The van der Waals surface area contributed by atoms with E-state index in [-0.39, 0.29) is 17.4 Å². The van der Waals surface area contributed by atoms with Crippen molar-refractivity contribution in [3.63, 3.8) is 0 Å². The van der Waals surface area contributed by atoms with E-state index in [2.05, 4.69) is 4.98 Å². The molecule has 166 valence electrons. The van der Waals surface area contributed by atoms with Crippen molar-refractivity contribution >= 4 is 43.5 Å². The normalized spacial score (nSPS) is 16.9. The molecule has 0 radical (unpaired) electrons. The van der Waals surface area contributed by atoms with Crippen LogP contribution in [0.4, 0.5) is 13.2 Å². The zero-order valence-electron chi connectivity index (χ0n) is 16.8. The third kappa shape index (κ3) is 4.14. The average Bonchev–Trinajstić information content (AvgIpc) is 3.42. The van der Waals surface area contributed by atoms with Gasteiger partial charge in [0.25, 0.3) is 5.56 Å². The summed E-state index contributed by atoms with van der Waals surface area (Å²) in [6, 6.07) is 8.90. The van der Waals surface area contributed by atoms with E-state index in [1.54, 1.807) is 22.9 Å². The smallest absolute Gasteiger partial charge is 0.376 e. The van der Waals surface area contributed by atoms with Gasteiger partial charge in [-0.25, -0.2) is 9.97 Å². The number of hydrogen-bond donors (Lipinski definition) is 0. The number of alkyl halides is 3. The lowest BCUT2D eigenvalue weighted by Gasteiger charge is -2.16. The molecule has 3 aromatic heterocycles. The number of thiophene rings is 1. The predicted octanol–water partition coefficient (Wildman–Crippen LogP) is 5.50. The molecule has 0 aliphatic carbocycles. The standard InChI is InChI=1S/C22H18F3N3O2S2/c23-22(24,25)14-5-1-4-13(10-14)12-31-21-27-17-16-7-2-8-26-19(16)32-18(17)20(29)28(21)11-15-6-3-9-30-15/h1-2,4-5,7-8,10,15H,3,6,9,11-12H2/t15-/m1/s1. The van der Waals surface area contributed by atoms with E-state index in [1.165, 1.54) is 29.2 Å². The highest BCUT2D eigenvalue weighted by molar-refractivity contribution is 7.98. The van der Waals surface area contributed by atoms with Gasteiger partial charge in [-0.2, -0.15) is 13.2 Å². The number of nitrogens with zero attached hydrogens (tertiary/aromatic N) is 3. The largest absolute Gasteiger partial charge is 0.416 e. The van der Waals surface area contributed by atoms with Gasteiger partial charge in [-0.3, -0.25) is 9.36 Å². The molecular weight excluding hydrogens is 459 g/mol. The lowest BCUT2D eigenvalue weighted by Crippen LogP contribution is -2.28. The lowest BCUT2D eigenvalue weighted by atomic mass is 10.1. The molecule has 0 spiro atoms. The molecular formula is C22H18F3N3O2S2. The molecule has 32 heavy (non-hydrogen) atoms. The Balaban J connectivity index is 1.55. The lowest BCUT2D eigenvalue weighted by molar-refractivity contribution is -0.137. The van der Waals surface area contributed by atoms with Crippen LogP contribution < -0.4 is 5.56 Å². The van der Waals surface area contributed by atoms with Gasteiger partial charge in [0.1, 0.15) is 9.53 Å². The molecule has 1 aromatic carbocycles. The first-order chi connectivity index (χ1) is 15.4. The minimum absolute atomic E-state index is 0.0765. The molecule has 0 unspecified atom stereocenters. The maximum atomic E-state index is 13.4.